The fourth-order valence-corrected chi connectivity index (χ4v) is 3.30. The quantitative estimate of drug-likeness (QED) is 0.881. The van der Waals surface area contributed by atoms with E-state index in [1.807, 2.05) is 0 Å². The molecule has 7 nitrogen and oxygen atoms in total. The zero-order valence-electron chi connectivity index (χ0n) is 13.1. The molecule has 1 aromatic heterocycles. The van der Waals surface area contributed by atoms with Crippen LogP contribution in [0, 0.1) is 6.92 Å². The lowest BCUT2D eigenvalue weighted by Crippen LogP contribution is -2.49. The number of hydrogen-bond donors (Lipinski definition) is 1. The number of nitrogens with zero attached hydrogens (tertiary/aromatic N) is 3. The highest BCUT2D eigenvalue weighted by molar-refractivity contribution is 5.78. The van der Waals surface area contributed by atoms with Gasteiger partial charge in [-0.2, -0.15) is 0 Å². The van der Waals surface area contributed by atoms with E-state index in [1.165, 1.54) is 0 Å². The summed E-state index contributed by atoms with van der Waals surface area (Å²) in [4.78, 5) is 14.6. The molecule has 0 atom stereocenters. The van der Waals surface area contributed by atoms with Crippen LogP contribution >= 0.6 is 0 Å². The Hall–Kier alpha value is -1.47. The number of amides is 1. The number of aryl methyl sites for hydroxylation is 1. The van der Waals surface area contributed by atoms with Gasteiger partial charge in [0.15, 0.2) is 0 Å². The second-order valence-electron chi connectivity index (χ2n) is 6.19. The molecule has 0 aliphatic carbocycles. The SMILES string of the molecule is Cc1nonc1CC(=O)NC1CCN(C2CCOCC2)CC1. The van der Waals surface area contributed by atoms with E-state index in [2.05, 4.69) is 25.2 Å². The average Bonchev–Trinajstić information content (AvgIpc) is 2.94. The third-order valence-corrected chi connectivity index (χ3v) is 4.68. The molecule has 2 saturated heterocycles. The van der Waals surface area contributed by atoms with Crippen LogP contribution in [0.1, 0.15) is 37.1 Å². The van der Waals surface area contributed by atoms with Crippen molar-refractivity contribution in [3.8, 4) is 0 Å². The first-order valence-electron chi connectivity index (χ1n) is 8.11. The number of ether oxygens (including phenoxy) is 1. The van der Waals surface area contributed by atoms with Gasteiger partial charge in [-0.15, -0.1) is 0 Å². The average molecular weight is 308 g/mol. The molecule has 0 radical (unpaired) electrons. The smallest absolute Gasteiger partial charge is 0.226 e. The van der Waals surface area contributed by atoms with Crippen molar-refractivity contribution >= 4 is 5.91 Å². The Morgan fingerprint density at radius 1 is 1.23 bits per heavy atom. The summed E-state index contributed by atoms with van der Waals surface area (Å²) in [6.07, 6.45) is 4.54. The molecule has 2 aliphatic heterocycles. The zero-order chi connectivity index (χ0) is 15.4. The van der Waals surface area contributed by atoms with Crippen LogP contribution in [-0.4, -0.2) is 59.5 Å². The number of aromatic nitrogens is 2. The van der Waals surface area contributed by atoms with Crippen molar-refractivity contribution in [1.82, 2.24) is 20.5 Å². The van der Waals surface area contributed by atoms with Gasteiger partial charge in [0.05, 0.1) is 6.42 Å². The first-order valence-corrected chi connectivity index (χ1v) is 8.11. The molecule has 3 heterocycles. The summed E-state index contributed by atoms with van der Waals surface area (Å²) in [7, 11) is 0. The Bertz CT molecular complexity index is 491. The summed E-state index contributed by atoms with van der Waals surface area (Å²) >= 11 is 0. The molecule has 2 fully saturated rings. The lowest BCUT2D eigenvalue weighted by molar-refractivity contribution is -0.121. The van der Waals surface area contributed by atoms with Crippen molar-refractivity contribution in [1.29, 1.82) is 0 Å². The number of piperidine rings is 1. The number of hydrogen-bond acceptors (Lipinski definition) is 6. The topological polar surface area (TPSA) is 80.5 Å². The molecule has 0 saturated carbocycles. The van der Waals surface area contributed by atoms with Gasteiger partial charge < -0.3 is 15.0 Å². The Labute approximate surface area is 130 Å². The van der Waals surface area contributed by atoms with E-state index in [4.69, 9.17) is 4.74 Å². The Morgan fingerprint density at radius 2 is 1.95 bits per heavy atom. The minimum absolute atomic E-state index is 0.00307. The van der Waals surface area contributed by atoms with Gasteiger partial charge in [-0.1, -0.05) is 10.3 Å². The van der Waals surface area contributed by atoms with Gasteiger partial charge >= 0.3 is 0 Å². The highest BCUT2D eigenvalue weighted by Crippen LogP contribution is 2.20. The van der Waals surface area contributed by atoms with Gasteiger partial charge in [0.2, 0.25) is 5.91 Å². The highest BCUT2D eigenvalue weighted by Gasteiger charge is 2.27. The Morgan fingerprint density at radius 3 is 2.59 bits per heavy atom. The molecule has 22 heavy (non-hydrogen) atoms. The number of rotatable bonds is 4. The number of carbonyl (C=O) groups excluding carboxylic acids is 1. The van der Waals surface area contributed by atoms with Crippen LogP contribution < -0.4 is 5.32 Å². The van der Waals surface area contributed by atoms with Crippen LogP contribution in [0.3, 0.4) is 0 Å². The third kappa shape index (κ3) is 3.84. The third-order valence-electron chi connectivity index (χ3n) is 4.68. The van der Waals surface area contributed by atoms with Crippen LogP contribution in [0.25, 0.3) is 0 Å². The van der Waals surface area contributed by atoms with Gasteiger partial charge in [0, 0.05) is 38.4 Å². The van der Waals surface area contributed by atoms with Crippen LogP contribution in [0.2, 0.25) is 0 Å². The summed E-state index contributed by atoms with van der Waals surface area (Å²) in [5.74, 6) is 0.00307. The molecule has 3 rings (SSSR count). The van der Waals surface area contributed by atoms with Crippen molar-refractivity contribution in [2.45, 2.75) is 51.1 Å². The Balaban J connectivity index is 1.41. The first kappa shape index (κ1) is 15.4. The van der Waals surface area contributed by atoms with Gasteiger partial charge in [0.25, 0.3) is 0 Å². The van der Waals surface area contributed by atoms with Crippen molar-refractivity contribution in [2.24, 2.45) is 0 Å². The highest BCUT2D eigenvalue weighted by atomic mass is 16.6. The standard InChI is InChI=1S/C15H24N4O3/c1-11-14(18-22-17-11)10-15(20)16-12-2-6-19(7-3-12)13-4-8-21-9-5-13/h12-13H,2-10H2,1H3,(H,16,20). The molecule has 0 aromatic carbocycles. The fraction of sp³-hybridized carbons (Fsp3) is 0.800. The van der Waals surface area contributed by atoms with E-state index >= 15 is 0 Å². The van der Waals surface area contributed by atoms with Crippen LogP contribution in [0.4, 0.5) is 0 Å². The number of carbonyl (C=O) groups is 1. The molecule has 2 aliphatic rings. The molecule has 0 bridgehead atoms. The van der Waals surface area contributed by atoms with Gasteiger partial charge in [0.1, 0.15) is 11.4 Å². The summed E-state index contributed by atoms with van der Waals surface area (Å²) in [6.45, 7) is 5.67. The summed E-state index contributed by atoms with van der Waals surface area (Å²) in [5.41, 5.74) is 1.31. The molecule has 1 N–H and O–H groups in total. The van der Waals surface area contributed by atoms with E-state index in [0.717, 1.165) is 52.0 Å². The summed E-state index contributed by atoms with van der Waals surface area (Å²) in [5, 5.41) is 10.6. The molecule has 7 heteroatoms. The maximum absolute atomic E-state index is 12.1. The fourth-order valence-electron chi connectivity index (χ4n) is 3.30. The summed E-state index contributed by atoms with van der Waals surface area (Å²) < 4.78 is 10.0. The van der Waals surface area contributed by atoms with E-state index in [1.54, 1.807) is 6.92 Å². The Kier molecular flexibility index (Phi) is 5.04. The predicted molar refractivity (Wildman–Crippen MR) is 79.3 cm³/mol. The van der Waals surface area contributed by atoms with Gasteiger partial charge in [-0.25, -0.2) is 4.63 Å². The molecular weight excluding hydrogens is 284 g/mol. The molecule has 122 valence electrons. The maximum Gasteiger partial charge on any atom is 0.226 e. The molecule has 1 amide bonds. The molecule has 0 unspecified atom stereocenters. The van der Waals surface area contributed by atoms with Crippen LogP contribution in [-0.2, 0) is 16.0 Å². The van der Waals surface area contributed by atoms with Gasteiger partial charge in [-0.3, -0.25) is 4.79 Å². The molecule has 1 aromatic rings. The number of likely N-dealkylation sites (tertiary alicyclic amines) is 1. The number of nitrogens with one attached hydrogen (secondary N) is 1. The van der Waals surface area contributed by atoms with Crippen LogP contribution in [0.5, 0.6) is 0 Å². The van der Waals surface area contributed by atoms with E-state index in [0.29, 0.717) is 17.4 Å². The van der Waals surface area contributed by atoms with Crippen LogP contribution in [0.15, 0.2) is 4.63 Å². The second kappa shape index (κ2) is 7.19. The molecular formula is C15H24N4O3. The largest absolute Gasteiger partial charge is 0.381 e. The van der Waals surface area contributed by atoms with Crippen molar-refractivity contribution in [3.05, 3.63) is 11.4 Å². The van der Waals surface area contributed by atoms with Crippen molar-refractivity contribution in [3.63, 3.8) is 0 Å². The van der Waals surface area contributed by atoms with Crippen molar-refractivity contribution in [2.75, 3.05) is 26.3 Å². The zero-order valence-corrected chi connectivity index (χ0v) is 13.1. The lowest BCUT2D eigenvalue weighted by atomic mass is 9.99. The lowest BCUT2D eigenvalue weighted by Gasteiger charge is -2.39. The minimum Gasteiger partial charge on any atom is -0.381 e. The monoisotopic (exact) mass is 308 g/mol. The second-order valence-corrected chi connectivity index (χ2v) is 6.19. The minimum atomic E-state index is 0.00307. The predicted octanol–water partition coefficient (Wildman–Crippen LogP) is 0.680. The molecule has 0 spiro atoms. The normalized spacial score (nSPS) is 21.9. The van der Waals surface area contributed by atoms with Gasteiger partial charge in [-0.05, 0) is 32.6 Å². The maximum atomic E-state index is 12.1. The van der Waals surface area contributed by atoms with E-state index in [9.17, 15) is 4.79 Å². The first-order chi connectivity index (χ1) is 10.7. The van der Waals surface area contributed by atoms with E-state index in [-0.39, 0.29) is 18.4 Å². The summed E-state index contributed by atoms with van der Waals surface area (Å²) in [6, 6.07) is 0.929. The van der Waals surface area contributed by atoms with E-state index < -0.39 is 0 Å². The van der Waals surface area contributed by atoms with Crippen molar-refractivity contribution < 1.29 is 14.2 Å².